The fourth-order valence-corrected chi connectivity index (χ4v) is 3.17. The Kier molecular flexibility index (Phi) is 6.81. The van der Waals surface area contributed by atoms with E-state index in [9.17, 15) is 14.9 Å². The molecule has 1 amide bonds. The van der Waals surface area contributed by atoms with Gasteiger partial charge >= 0.3 is 0 Å². The summed E-state index contributed by atoms with van der Waals surface area (Å²) in [5, 5.41) is 22.3. The molecule has 0 bridgehead atoms. The minimum Gasteiger partial charge on any atom is -0.497 e. The lowest BCUT2D eigenvalue weighted by Gasteiger charge is -2.10. The number of hydrogen-bond donors (Lipinski definition) is 1. The van der Waals surface area contributed by atoms with E-state index < -0.39 is 4.92 Å². The molecular weight excluding hydrogens is 408 g/mol. The third kappa shape index (κ3) is 5.23. The summed E-state index contributed by atoms with van der Waals surface area (Å²) >= 11 is 1.23. The van der Waals surface area contributed by atoms with Crippen LogP contribution in [-0.2, 0) is 4.79 Å². The van der Waals surface area contributed by atoms with Gasteiger partial charge in [0, 0.05) is 29.4 Å². The number of anilines is 1. The third-order valence-corrected chi connectivity index (χ3v) is 4.96. The Morgan fingerprint density at radius 2 is 1.83 bits per heavy atom. The smallest absolute Gasteiger partial charge is 0.269 e. The zero-order chi connectivity index (χ0) is 21.5. The minimum atomic E-state index is -0.495. The van der Waals surface area contributed by atoms with Crippen LogP contribution in [0, 0.1) is 10.1 Å². The number of rotatable bonds is 8. The lowest BCUT2D eigenvalue weighted by Crippen LogP contribution is -2.14. The van der Waals surface area contributed by atoms with Crippen molar-refractivity contribution in [2.75, 3.05) is 25.3 Å². The topological polar surface area (TPSA) is 116 Å². The van der Waals surface area contributed by atoms with Gasteiger partial charge in [0.25, 0.3) is 5.69 Å². The van der Waals surface area contributed by atoms with Gasteiger partial charge in [0.15, 0.2) is 0 Å². The SMILES string of the molecule is COc1ccc(-c2ccc(SCC(=O)Nc3ccc([N+](=O)[O-])cc3)nn2)c(OC)c1. The van der Waals surface area contributed by atoms with E-state index >= 15 is 0 Å². The molecule has 30 heavy (non-hydrogen) atoms. The van der Waals surface area contributed by atoms with Gasteiger partial charge in [0.05, 0.1) is 30.6 Å². The number of ether oxygens (including phenoxy) is 2. The van der Waals surface area contributed by atoms with Gasteiger partial charge in [-0.3, -0.25) is 14.9 Å². The van der Waals surface area contributed by atoms with E-state index in [1.165, 1.54) is 36.0 Å². The van der Waals surface area contributed by atoms with Gasteiger partial charge in [0.2, 0.25) is 5.91 Å². The Balaban J connectivity index is 1.59. The van der Waals surface area contributed by atoms with Gasteiger partial charge < -0.3 is 14.8 Å². The zero-order valence-electron chi connectivity index (χ0n) is 16.2. The van der Waals surface area contributed by atoms with E-state index in [1.54, 1.807) is 32.4 Å². The number of nitro benzene ring substituents is 1. The van der Waals surface area contributed by atoms with E-state index in [2.05, 4.69) is 15.5 Å². The van der Waals surface area contributed by atoms with Gasteiger partial charge in [-0.05, 0) is 36.4 Å². The highest BCUT2D eigenvalue weighted by Gasteiger charge is 2.11. The maximum atomic E-state index is 12.1. The zero-order valence-corrected chi connectivity index (χ0v) is 17.0. The fourth-order valence-electron chi connectivity index (χ4n) is 2.55. The predicted octanol–water partition coefficient (Wildman–Crippen LogP) is 3.80. The highest BCUT2D eigenvalue weighted by atomic mass is 32.2. The van der Waals surface area contributed by atoms with Crippen molar-refractivity contribution in [3.05, 3.63) is 64.7 Å². The molecule has 0 saturated heterocycles. The number of carbonyl (C=O) groups excluding carboxylic acids is 1. The van der Waals surface area contributed by atoms with Gasteiger partial charge in [-0.15, -0.1) is 10.2 Å². The normalized spacial score (nSPS) is 10.3. The quantitative estimate of drug-likeness (QED) is 0.328. The summed E-state index contributed by atoms with van der Waals surface area (Å²) in [6.45, 7) is 0. The number of hydrogen-bond acceptors (Lipinski definition) is 8. The second-order valence-electron chi connectivity index (χ2n) is 5.96. The van der Waals surface area contributed by atoms with Crippen molar-refractivity contribution >= 4 is 29.0 Å². The van der Waals surface area contributed by atoms with Crippen LogP contribution in [0.25, 0.3) is 11.3 Å². The first-order chi connectivity index (χ1) is 14.5. The molecule has 0 radical (unpaired) electrons. The van der Waals surface area contributed by atoms with Crippen molar-refractivity contribution in [3.63, 3.8) is 0 Å². The molecular formula is C20H18N4O5S. The van der Waals surface area contributed by atoms with Crippen LogP contribution in [0.2, 0.25) is 0 Å². The predicted molar refractivity (Wildman–Crippen MR) is 113 cm³/mol. The number of carbonyl (C=O) groups is 1. The highest BCUT2D eigenvalue weighted by Crippen LogP contribution is 2.32. The largest absolute Gasteiger partial charge is 0.497 e. The number of nitro groups is 1. The first-order valence-corrected chi connectivity index (χ1v) is 9.72. The maximum absolute atomic E-state index is 12.1. The standard InChI is InChI=1S/C20H18N4O5S/c1-28-15-7-8-16(18(11-15)29-2)17-9-10-20(23-22-17)30-12-19(25)21-13-3-5-14(6-4-13)24(26)27/h3-11H,12H2,1-2H3,(H,21,25). The molecule has 0 saturated carbocycles. The first-order valence-electron chi connectivity index (χ1n) is 8.73. The number of nitrogens with one attached hydrogen (secondary N) is 1. The number of benzene rings is 2. The number of nitrogens with zero attached hydrogens (tertiary/aromatic N) is 3. The molecule has 154 valence electrons. The second-order valence-corrected chi connectivity index (χ2v) is 6.96. The van der Waals surface area contributed by atoms with E-state index in [1.807, 2.05) is 12.1 Å². The summed E-state index contributed by atoms with van der Waals surface area (Å²) in [7, 11) is 3.15. The third-order valence-electron chi connectivity index (χ3n) is 4.04. The van der Waals surface area contributed by atoms with E-state index in [0.29, 0.717) is 27.9 Å². The van der Waals surface area contributed by atoms with Crippen molar-refractivity contribution in [1.29, 1.82) is 0 Å². The van der Waals surface area contributed by atoms with Crippen molar-refractivity contribution in [3.8, 4) is 22.8 Å². The summed E-state index contributed by atoms with van der Waals surface area (Å²) in [6, 6.07) is 14.6. The molecule has 0 aliphatic heterocycles. The second kappa shape index (κ2) is 9.70. The summed E-state index contributed by atoms with van der Waals surface area (Å²) in [6.07, 6.45) is 0. The molecule has 3 rings (SSSR count). The Morgan fingerprint density at radius 3 is 2.43 bits per heavy atom. The van der Waals surface area contributed by atoms with Crippen LogP contribution in [0.1, 0.15) is 0 Å². The average Bonchev–Trinajstić information content (AvgIpc) is 2.78. The van der Waals surface area contributed by atoms with Crippen molar-refractivity contribution in [2.45, 2.75) is 5.03 Å². The number of methoxy groups -OCH3 is 2. The Hall–Kier alpha value is -3.66. The number of aromatic nitrogens is 2. The molecule has 0 unspecified atom stereocenters. The summed E-state index contributed by atoms with van der Waals surface area (Å²) < 4.78 is 10.6. The molecule has 1 aromatic heterocycles. The van der Waals surface area contributed by atoms with Crippen LogP contribution in [0.5, 0.6) is 11.5 Å². The van der Waals surface area contributed by atoms with Crippen molar-refractivity contribution in [2.24, 2.45) is 0 Å². The lowest BCUT2D eigenvalue weighted by atomic mass is 10.1. The monoisotopic (exact) mass is 426 g/mol. The molecule has 9 nitrogen and oxygen atoms in total. The molecule has 1 N–H and O–H groups in total. The van der Waals surface area contributed by atoms with Crippen molar-refractivity contribution < 1.29 is 19.2 Å². The van der Waals surface area contributed by atoms with Crippen LogP contribution in [0.4, 0.5) is 11.4 Å². The molecule has 0 aliphatic carbocycles. The maximum Gasteiger partial charge on any atom is 0.269 e. The number of non-ortho nitro benzene ring substituents is 1. The van der Waals surface area contributed by atoms with Crippen molar-refractivity contribution in [1.82, 2.24) is 10.2 Å². The Labute approximate surface area is 176 Å². The van der Waals surface area contributed by atoms with Crippen LogP contribution in [0.15, 0.2) is 59.6 Å². The summed E-state index contributed by atoms with van der Waals surface area (Å²) in [5.74, 6) is 1.16. The lowest BCUT2D eigenvalue weighted by molar-refractivity contribution is -0.384. The molecule has 0 aliphatic rings. The fraction of sp³-hybridized carbons (Fsp3) is 0.150. The molecule has 1 heterocycles. The number of thioether (sulfide) groups is 1. The van der Waals surface area contributed by atoms with E-state index in [4.69, 9.17) is 9.47 Å². The molecule has 0 atom stereocenters. The van der Waals surface area contributed by atoms with Crippen LogP contribution >= 0.6 is 11.8 Å². The molecule has 2 aromatic carbocycles. The molecule has 10 heteroatoms. The van der Waals surface area contributed by atoms with E-state index in [0.717, 1.165) is 5.56 Å². The van der Waals surface area contributed by atoms with Gasteiger partial charge in [-0.2, -0.15) is 0 Å². The minimum absolute atomic E-state index is 0.0359. The molecule has 0 spiro atoms. The van der Waals surface area contributed by atoms with Crippen LogP contribution in [0.3, 0.4) is 0 Å². The van der Waals surface area contributed by atoms with Crippen LogP contribution in [-0.4, -0.2) is 41.0 Å². The number of amides is 1. The summed E-state index contributed by atoms with van der Waals surface area (Å²) in [4.78, 5) is 22.3. The van der Waals surface area contributed by atoms with E-state index in [-0.39, 0.29) is 17.3 Å². The van der Waals surface area contributed by atoms with Gasteiger partial charge in [0.1, 0.15) is 16.5 Å². The molecule has 3 aromatic rings. The van der Waals surface area contributed by atoms with Crippen LogP contribution < -0.4 is 14.8 Å². The molecule has 0 fully saturated rings. The summed E-state index contributed by atoms with van der Waals surface area (Å²) in [5.41, 5.74) is 1.86. The highest BCUT2D eigenvalue weighted by molar-refractivity contribution is 7.99. The first kappa shape index (κ1) is 21.1. The van der Waals surface area contributed by atoms with Gasteiger partial charge in [-0.1, -0.05) is 11.8 Å². The average molecular weight is 426 g/mol. The van der Waals surface area contributed by atoms with Gasteiger partial charge in [-0.25, -0.2) is 0 Å². The Bertz CT molecular complexity index is 1040. The Morgan fingerprint density at radius 1 is 1.07 bits per heavy atom.